The number of amides is 1. The average molecular weight is 257 g/mol. The van der Waals surface area contributed by atoms with Crippen molar-refractivity contribution >= 4 is 5.91 Å². The third-order valence-electron chi connectivity index (χ3n) is 2.83. The van der Waals surface area contributed by atoms with E-state index in [-0.39, 0.29) is 12.1 Å². The third kappa shape index (κ3) is 3.07. The molecule has 98 valence electrons. The average Bonchev–Trinajstić information content (AvgIpc) is 2.41. The summed E-state index contributed by atoms with van der Waals surface area (Å²) in [6, 6.07) is 10.9. The molecule has 0 bridgehead atoms. The van der Waals surface area contributed by atoms with Gasteiger partial charge in [0.15, 0.2) is 0 Å². The first-order valence-corrected chi connectivity index (χ1v) is 6.06. The molecule has 2 N–H and O–H groups in total. The van der Waals surface area contributed by atoms with Gasteiger partial charge in [-0.2, -0.15) is 5.10 Å². The first-order chi connectivity index (χ1) is 9.10. The van der Waals surface area contributed by atoms with E-state index in [4.69, 9.17) is 5.73 Å². The number of aryl methyl sites for hydroxylation is 1. The first kappa shape index (κ1) is 13.0. The Morgan fingerprint density at radius 3 is 2.47 bits per heavy atom. The highest BCUT2D eigenvalue weighted by Gasteiger charge is 2.05. The Balaban J connectivity index is 2.39. The van der Waals surface area contributed by atoms with Gasteiger partial charge in [-0.1, -0.05) is 31.2 Å². The van der Waals surface area contributed by atoms with Crippen LogP contribution in [0.2, 0.25) is 0 Å². The van der Waals surface area contributed by atoms with Crippen LogP contribution in [0.4, 0.5) is 0 Å². The lowest BCUT2D eigenvalue weighted by Gasteiger charge is -2.06. The lowest BCUT2D eigenvalue weighted by Crippen LogP contribution is -2.29. The van der Waals surface area contributed by atoms with Gasteiger partial charge >= 0.3 is 0 Å². The van der Waals surface area contributed by atoms with Gasteiger partial charge in [0.1, 0.15) is 6.54 Å². The Bertz CT molecular complexity index is 644. The van der Waals surface area contributed by atoms with E-state index in [0.717, 1.165) is 16.7 Å². The summed E-state index contributed by atoms with van der Waals surface area (Å²) in [6.45, 7) is 1.88. The van der Waals surface area contributed by atoms with E-state index in [0.29, 0.717) is 5.69 Å². The number of hydrogen-bond donors (Lipinski definition) is 1. The number of nitrogens with two attached hydrogens (primary N) is 1. The lowest BCUT2D eigenvalue weighted by atomic mass is 10.1. The normalized spacial score (nSPS) is 10.4. The summed E-state index contributed by atoms with van der Waals surface area (Å²) in [6.07, 6.45) is 0.967. The summed E-state index contributed by atoms with van der Waals surface area (Å²) < 4.78 is 1.07. The van der Waals surface area contributed by atoms with Crippen LogP contribution in [0.5, 0.6) is 0 Å². The summed E-state index contributed by atoms with van der Waals surface area (Å²) in [5, 5.41) is 4.14. The predicted octanol–water partition coefficient (Wildman–Crippen LogP) is 0.958. The summed E-state index contributed by atoms with van der Waals surface area (Å²) >= 11 is 0. The van der Waals surface area contributed by atoms with Crippen LogP contribution in [-0.4, -0.2) is 15.7 Å². The molecular weight excluding hydrogens is 242 g/mol. The minimum absolute atomic E-state index is 0.209. The van der Waals surface area contributed by atoms with Crippen molar-refractivity contribution in [3.63, 3.8) is 0 Å². The molecule has 2 aromatic rings. The Hall–Kier alpha value is -2.43. The van der Waals surface area contributed by atoms with Crippen molar-refractivity contribution in [3.8, 4) is 11.3 Å². The Morgan fingerprint density at radius 2 is 1.89 bits per heavy atom. The molecule has 1 heterocycles. The smallest absolute Gasteiger partial charge is 0.267 e. The van der Waals surface area contributed by atoms with E-state index < -0.39 is 5.91 Å². The molecule has 5 heteroatoms. The first-order valence-electron chi connectivity index (χ1n) is 6.06. The predicted molar refractivity (Wildman–Crippen MR) is 72.5 cm³/mol. The fourth-order valence-electron chi connectivity index (χ4n) is 1.77. The van der Waals surface area contributed by atoms with Gasteiger partial charge in [0, 0.05) is 11.6 Å². The Kier molecular flexibility index (Phi) is 3.75. The number of aromatic nitrogens is 2. The third-order valence-corrected chi connectivity index (χ3v) is 2.83. The molecule has 0 saturated carbocycles. The zero-order valence-electron chi connectivity index (χ0n) is 10.7. The fourth-order valence-corrected chi connectivity index (χ4v) is 1.77. The number of primary amides is 1. The Morgan fingerprint density at radius 1 is 1.21 bits per heavy atom. The molecule has 0 aliphatic heterocycles. The number of rotatable bonds is 4. The zero-order valence-corrected chi connectivity index (χ0v) is 10.7. The van der Waals surface area contributed by atoms with E-state index in [1.54, 1.807) is 6.07 Å². The molecule has 2 rings (SSSR count). The van der Waals surface area contributed by atoms with Gasteiger partial charge in [0.25, 0.3) is 5.56 Å². The van der Waals surface area contributed by atoms with Crippen molar-refractivity contribution in [1.82, 2.24) is 9.78 Å². The number of carbonyl (C=O) groups is 1. The molecule has 1 amide bonds. The highest BCUT2D eigenvalue weighted by molar-refractivity contribution is 5.73. The maximum Gasteiger partial charge on any atom is 0.267 e. The highest BCUT2D eigenvalue weighted by Crippen LogP contribution is 2.16. The van der Waals surface area contributed by atoms with Crippen LogP contribution < -0.4 is 11.3 Å². The van der Waals surface area contributed by atoms with E-state index in [1.165, 1.54) is 11.6 Å². The maximum absolute atomic E-state index is 11.5. The number of benzene rings is 1. The molecule has 0 fully saturated rings. The van der Waals surface area contributed by atoms with Gasteiger partial charge < -0.3 is 5.73 Å². The van der Waals surface area contributed by atoms with E-state index in [9.17, 15) is 9.59 Å². The van der Waals surface area contributed by atoms with Gasteiger partial charge in [0.05, 0.1) is 5.69 Å². The standard InChI is InChI=1S/C14H15N3O2/c1-2-10-3-5-11(6-4-10)12-7-8-14(19)17(16-12)9-13(15)18/h3-8H,2,9H2,1H3,(H2,15,18). The quantitative estimate of drug-likeness (QED) is 0.886. The van der Waals surface area contributed by atoms with Crippen LogP contribution in [0.15, 0.2) is 41.2 Å². The van der Waals surface area contributed by atoms with Crippen molar-refractivity contribution in [2.24, 2.45) is 5.73 Å². The van der Waals surface area contributed by atoms with Gasteiger partial charge in [-0.15, -0.1) is 0 Å². The van der Waals surface area contributed by atoms with Crippen LogP contribution in [0.1, 0.15) is 12.5 Å². The van der Waals surface area contributed by atoms with Crippen molar-refractivity contribution in [3.05, 3.63) is 52.3 Å². The fraction of sp³-hybridized carbons (Fsp3) is 0.214. The largest absolute Gasteiger partial charge is 0.368 e. The zero-order chi connectivity index (χ0) is 13.8. The molecular formula is C14H15N3O2. The summed E-state index contributed by atoms with van der Waals surface area (Å²) in [5.41, 5.74) is 7.51. The number of nitrogens with zero attached hydrogens (tertiary/aromatic N) is 2. The van der Waals surface area contributed by atoms with Gasteiger partial charge in [-0.25, -0.2) is 4.68 Å². The molecule has 0 spiro atoms. The molecule has 0 aliphatic rings. The lowest BCUT2D eigenvalue weighted by molar-refractivity contribution is -0.118. The minimum Gasteiger partial charge on any atom is -0.368 e. The topological polar surface area (TPSA) is 78.0 Å². The molecule has 0 atom stereocenters. The minimum atomic E-state index is -0.590. The summed E-state index contributed by atoms with van der Waals surface area (Å²) in [7, 11) is 0. The molecule has 0 unspecified atom stereocenters. The van der Waals surface area contributed by atoms with Crippen molar-refractivity contribution < 1.29 is 4.79 Å². The molecule has 19 heavy (non-hydrogen) atoms. The van der Waals surface area contributed by atoms with Crippen molar-refractivity contribution in [2.45, 2.75) is 19.9 Å². The maximum atomic E-state index is 11.5. The molecule has 5 nitrogen and oxygen atoms in total. The van der Waals surface area contributed by atoms with Gasteiger partial charge in [-0.05, 0) is 18.1 Å². The van der Waals surface area contributed by atoms with Crippen LogP contribution in [-0.2, 0) is 17.8 Å². The van der Waals surface area contributed by atoms with Gasteiger partial charge in [-0.3, -0.25) is 9.59 Å². The summed E-state index contributed by atoms with van der Waals surface area (Å²) in [5.74, 6) is -0.590. The van der Waals surface area contributed by atoms with E-state index in [2.05, 4.69) is 12.0 Å². The van der Waals surface area contributed by atoms with Crippen molar-refractivity contribution in [1.29, 1.82) is 0 Å². The SMILES string of the molecule is CCc1ccc(-c2ccc(=O)n(CC(N)=O)n2)cc1. The number of hydrogen-bond acceptors (Lipinski definition) is 3. The van der Waals surface area contributed by atoms with Crippen LogP contribution >= 0.6 is 0 Å². The highest BCUT2D eigenvalue weighted by atomic mass is 16.2. The van der Waals surface area contributed by atoms with Crippen LogP contribution in [0.25, 0.3) is 11.3 Å². The molecule has 0 aliphatic carbocycles. The van der Waals surface area contributed by atoms with E-state index >= 15 is 0 Å². The second-order valence-electron chi connectivity index (χ2n) is 4.23. The van der Waals surface area contributed by atoms with Crippen LogP contribution in [0, 0.1) is 0 Å². The van der Waals surface area contributed by atoms with Gasteiger partial charge in [0.2, 0.25) is 5.91 Å². The molecule has 0 radical (unpaired) electrons. The summed E-state index contributed by atoms with van der Waals surface area (Å²) in [4.78, 5) is 22.4. The monoisotopic (exact) mass is 257 g/mol. The number of carbonyl (C=O) groups excluding carboxylic acids is 1. The second-order valence-corrected chi connectivity index (χ2v) is 4.23. The molecule has 0 saturated heterocycles. The molecule has 1 aromatic carbocycles. The second kappa shape index (κ2) is 5.48. The Labute approximate surface area is 110 Å². The van der Waals surface area contributed by atoms with Crippen molar-refractivity contribution in [2.75, 3.05) is 0 Å². The van der Waals surface area contributed by atoms with Crippen LogP contribution in [0.3, 0.4) is 0 Å². The molecule has 1 aromatic heterocycles. The van der Waals surface area contributed by atoms with E-state index in [1.807, 2.05) is 24.3 Å².